The van der Waals surface area contributed by atoms with Crippen LogP contribution in [-0.4, -0.2) is 31.9 Å². The zero-order valence-electron chi connectivity index (χ0n) is 14.3. The maximum Gasteiger partial charge on any atom is 0.182 e. The standard InChI is InChI=1S/C19H20FNO3S2/c1-2-24-12-19(18(21)25)16(13-8-10-14(20)11-9-13)17(19)26(22,23)15-6-4-3-5-7-15/h3-11,16-17H,2,12H2,1H3,(H2,21,25)/t16-,17-,19+/m0/s1. The summed E-state index contributed by atoms with van der Waals surface area (Å²) in [5.74, 6) is -0.861. The van der Waals surface area contributed by atoms with Crippen LogP contribution in [0.15, 0.2) is 59.5 Å². The molecule has 0 unspecified atom stereocenters. The molecule has 0 radical (unpaired) electrons. The van der Waals surface area contributed by atoms with Gasteiger partial charge < -0.3 is 10.5 Å². The van der Waals surface area contributed by atoms with Crippen molar-refractivity contribution in [2.24, 2.45) is 11.1 Å². The lowest BCUT2D eigenvalue weighted by Crippen LogP contribution is -2.33. The summed E-state index contributed by atoms with van der Waals surface area (Å²) in [5, 5.41) is -0.841. The summed E-state index contributed by atoms with van der Waals surface area (Å²) in [5.41, 5.74) is 5.69. The topological polar surface area (TPSA) is 69.4 Å². The summed E-state index contributed by atoms with van der Waals surface area (Å²) in [6, 6.07) is 14.0. The summed E-state index contributed by atoms with van der Waals surface area (Å²) in [7, 11) is -3.70. The predicted octanol–water partition coefficient (Wildman–Crippen LogP) is 3.07. The van der Waals surface area contributed by atoms with E-state index in [1.165, 1.54) is 12.1 Å². The summed E-state index contributed by atoms with van der Waals surface area (Å²) in [6.07, 6.45) is 0. The molecule has 1 fully saturated rings. The van der Waals surface area contributed by atoms with Crippen molar-refractivity contribution in [1.29, 1.82) is 0 Å². The Kier molecular flexibility index (Phi) is 5.14. The molecule has 26 heavy (non-hydrogen) atoms. The van der Waals surface area contributed by atoms with E-state index in [0.29, 0.717) is 12.2 Å². The molecule has 3 atom stereocenters. The zero-order valence-corrected chi connectivity index (χ0v) is 15.9. The van der Waals surface area contributed by atoms with Crippen molar-refractivity contribution in [1.82, 2.24) is 0 Å². The highest BCUT2D eigenvalue weighted by atomic mass is 32.2. The normalized spacial score (nSPS) is 25.0. The van der Waals surface area contributed by atoms with Gasteiger partial charge in [0.05, 0.1) is 27.2 Å². The molecule has 0 aliphatic heterocycles. The maximum absolute atomic E-state index is 13.3. The first-order valence-electron chi connectivity index (χ1n) is 8.27. The van der Waals surface area contributed by atoms with E-state index < -0.39 is 26.4 Å². The minimum Gasteiger partial charge on any atom is -0.393 e. The molecule has 0 spiro atoms. The van der Waals surface area contributed by atoms with E-state index in [-0.39, 0.29) is 22.3 Å². The van der Waals surface area contributed by atoms with Crippen molar-refractivity contribution < 1.29 is 17.5 Å². The molecular formula is C19H20FNO3S2. The number of sulfone groups is 1. The Morgan fingerprint density at radius 3 is 2.35 bits per heavy atom. The van der Waals surface area contributed by atoms with Gasteiger partial charge in [0, 0.05) is 12.5 Å². The van der Waals surface area contributed by atoms with E-state index in [1.807, 2.05) is 6.92 Å². The number of ether oxygens (including phenoxy) is 1. The van der Waals surface area contributed by atoms with Gasteiger partial charge in [-0.1, -0.05) is 42.5 Å². The Hall–Kier alpha value is -1.83. The molecule has 7 heteroatoms. The molecule has 1 saturated carbocycles. The molecule has 2 aromatic carbocycles. The Morgan fingerprint density at radius 1 is 1.19 bits per heavy atom. The average molecular weight is 394 g/mol. The lowest BCUT2D eigenvalue weighted by molar-refractivity contribution is 0.121. The molecule has 138 valence electrons. The van der Waals surface area contributed by atoms with Gasteiger partial charge in [0.1, 0.15) is 5.82 Å². The van der Waals surface area contributed by atoms with Crippen LogP contribution < -0.4 is 5.73 Å². The van der Waals surface area contributed by atoms with E-state index in [9.17, 15) is 12.8 Å². The second-order valence-corrected chi connectivity index (χ2v) is 8.86. The van der Waals surface area contributed by atoms with E-state index >= 15 is 0 Å². The highest BCUT2D eigenvalue weighted by molar-refractivity contribution is 7.92. The number of nitrogens with two attached hydrogens (primary N) is 1. The maximum atomic E-state index is 13.3. The number of rotatable bonds is 7. The predicted molar refractivity (Wildman–Crippen MR) is 102 cm³/mol. The second kappa shape index (κ2) is 7.06. The fraction of sp³-hybridized carbons (Fsp3) is 0.316. The fourth-order valence-electron chi connectivity index (χ4n) is 3.57. The van der Waals surface area contributed by atoms with Crippen molar-refractivity contribution in [2.45, 2.75) is 23.0 Å². The third kappa shape index (κ3) is 3.04. The van der Waals surface area contributed by atoms with Crippen LogP contribution in [0.1, 0.15) is 18.4 Å². The van der Waals surface area contributed by atoms with E-state index in [4.69, 9.17) is 22.7 Å². The largest absolute Gasteiger partial charge is 0.393 e. The molecule has 0 bridgehead atoms. The fourth-order valence-corrected chi connectivity index (χ4v) is 6.36. The first kappa shape index (κ1) is 18.9. The van der Waals surface area contributed by atoms with Gasteiger partial charge in [0.15, 0.2) is 9.84 Å². The summed E-state index contributed by atoms with van der Waals surface area (Å²) >= 11 is 5.27. The van der Waals surface area contributed by atoms with Crippen molar-refractivity contribution in [3.05, 3.63) is 66.0 Å². The van der Waals surface area contributed by atoms with Gasteiger partial charge in [-0.3, -0.25) is 0 Å². The molecule has 3 rings (SSSR count). The van der Waals surface area contributed by atoms with Crippen LogP contribution in [0.2, 0.25) is 0 Å². The average Bonchev–Trinajstić information content (AvgIpc) is 3.33. The highest BCUT2D eigenvalue weighted by Crippen LogP contribution is 2.64. The number of thiocarbonyl (C=S) groups is 1. The Balaban J connectivity index is 2.10. The van der Waals surface area contributed by atoms with E-state index in [2.05, 4.69) is 0 Å². The molecule has 2 N–H and O–H groups in total. The van der Waals surface area contributed by atoms with Crippen molar-refractivity contribution >= 4 is 27.0 Å². The summed E-state index contributed by atoms with van der Waals surface area (Å²) < 4.78 is 45.4. The van der Waals surface area contributed by atoms with E-state index in [1.54, 1.807) is 42.5 Å². The van der Waals surface area contributed by atoms with Crippen LogP contribution in [0.25, 0.3) is 0 Å². The van der Waals surface area contributed by atoms with Crippen LogP contribution in [-0.2, 0) is 14.6 Å². The minimum absolute atomic E-state index is 0.102. The zero-order chi connectivity index (χ0) is 18.9. The quantitative estimate of drug-likeness (QED) is 0.732. The van der Waals surface area contributed by atoms with E-state index in [0.717, 1.165) is 0 Å². The van der Waals surface area contributed by atoms with Crippen molar-refractivity contribution in [3.8, 4) is 0 Å². The lowest BCUT2D eigenvalue weighted by Gasteiger charge is -2.17. The molecule has 4 nitrogen and oxygen atoms in total. The summed E-state index contributed by atoms with van der Waals surface area (Å²) in [4.78, 5) is 0.316. The minimum atomic E-state index is -3.70. The van der Waals surface area contributed by atoms with Crippen molar-refractivity contribution in [2.75, 3.05) is 13.2 Å². The number of halogens is 1. The van der Waals surface area contributed by atoms with Crippen molar-refractivity contribution in [3.63, 3.8) is 0 Å². The second-order valence-electron chi connectivity index (χ2n) is 6.35. The number of hydrogen-bond donors (Lipinski definition) is 1. The van der Waals surface area contributed by atoms with Crippen LogP contribution in [0.4, 0.5) is 4.39 Å². The molecule has 2 aromatic rings. The van der Waals surface area contributed by atoms with Gasteiger partial charge in [-0.15, -0.1) is 0 Å². The van der Waals surface area contributed by atoms with Crippen LogP contribution >= 0.6 is 12.2 Å². The number of benzene rings is 2. The third-order valence-corrected chi connectivity index (χ3v) is 7.57. The molecule has 1 aliphatic rings. The molecule has 0 heterocycles. The van der Waals surface area contributed by atoms with Gasteiger partial charge >= 0.3 is 0 Å². The highest BCUT2D eigenvalue weighted by Gasteiger charge is 2.73. The van der Waals surface area contributed by atoms with Gasteiger partial charge in [0.25, 0.3) is 0 Å². The van der Waals surface area contributed by atoms with Crippen LogP contribution in [0.3, 0.4) is 0 Å². The smallest absolute Gasteiger partial charge is 0.182 e. The molecule has 1 aliphatic carbocycles. The molecule has 0 aromatic heterocycles. The van der Waals surface area contributed by atoms with Gasteiger partial charge in [0.2, 0.25) is 0 Å². The van der Waals surface area contributed by atoms with Crippen LogP contribution in [0, 0.1) is 11.2 Å². The van der Waals surface area contributed by atoms with Gasteiger partial charge in [-0.25, -0.2) is 12.8 Å². The molecular weight excluding hydrogens is 373 g/mol. The first-order chi connectivity index (χ1) is 12.4. The Labute approximate surface area is 158 Å². The third-order valence-electron chi connectivity index (χ3n) is 4.90. The molecule has 0 saturated heterocycles. The number of hydrogen-bond acceptors (Lipinski definition) is 4. The summed E-state index contributed by atoms with van der Waals surface area (Å²) in [6.45, 7) is 2.35. The van der Waals surface area contributed by atoms with Gasteiger partial charge in [-0.05, 0) is 36.8 Å². The van der Waals surface area contributed by atoms with Crippen LogP contribution in [0.5, 0.6) is 0 Å². The first-order valence-corrected chi connectivity index (χ1v) is 10.2. The monoisotopic (exact) mass is 393 g/mol. The molecule has 0 amide bonds. The lowest BCUT2D eigenvalue weighted by atomic mass is 10.00. The Morgan fingerprint density at radius 2 is 1.81 bits per heavy atom. The SMILES string of the molecule is CCOC[C@@]1(C(N)=S)[C@@H](c2ccc(F)cc2)[C@@H]1S(=O)(=O)c1ccccc1. The van der Waals surface area contributed by atoms with Gasteiger partial charge in [-0.2, -0.15) is 0 Å². The Bertz CT molecular complexity index is 900.